The summed E-state index contributed by atoms with van der Waals surface area (Å²) in [6.45, 7) is 7.42. The summed E-state index contributed by atoms with van der Waals surface area (Å²) in [6.07, 6.45) is 4.43. The second-order valence-electron chi connectivity index (χ2n) is 4.47. The van der Waals surface area contributed by atoms with Crippen molar-refractivity contribution in [1.82, 2.24) is 14.7 Å². The van der Waals surface area contributed by atoms with Crippen molar-refractivity contribution < 1.29 is 0 Å². The van der Waals surface area contributed by atoms with Crippen LogP contribution in [-0.4, -0.2) is 15.4 Å². The first-order valence-electron chi connectivity index (χ1n) is 6.42. The Morgan fingerprint density at radius 2 is 2.06 bits per heavy atom. The van der Waals surface area contributed by atoms with Crippen LogP contribution in [0.4, 0.5) is 0 Å². The van der Waals surface area contributed by atoms with Crippen LogP contribution in [0, 0.1) is 6.92 Å². The van der Waals surface area contributed by atoms with Crippen LogP contribution in [0.25, 0.3) is 5.65 Å². The number of aryl methyl sites for hydroxylation is 1. The van der Waals surface area contributed by atoms with Gasteiger partial charge < -0.3 is 9.72 Å². The first-order valence-corrected chi connectivity index (χ1v) is 6.42. The molecule has 0 atom stereocenters. The van der Waals surface area contributed by atoms with Crippen LogP contribution in [0.5, 0.6) is 0 Å². The molecule has 0 radical (unpaired) electrons. The maximum atomic E-state index is 4.57. The van der Waals surface area contributed by atoms with Gasteiger partial charge in [-0.1, -0.05) is 19.9 Å². The summed E-state index contributed by atoms with van der Waals surface area (Å²) in [6, 6.07) is 6.73. The lowest BCUT2D eigenvalue weighted by atomic mass is 10.1. The van der Waals surface area contributed by atoms with E-state index in [-0.39, 0.29) is 0 Å². The van der Waals surface area contributed by atoms with Gasteiger partial charge in [0.2, 0.25) is 0 Å². The van der Waals surface area contributed by atoms with Gasteiger partial charge in [-0.3, -0.25) is 0 Å². The molecule has 0 fully saturated rings. The summed E-state index contributed by atoms with van der Waals surface area (Å²) >= 11 is 0. The summed E-state index contributed by atoms with van der Waals surface area (Å²) in [5, 5.41) is 3.59. The van der Waals surface area contributed by atoms with Gasteiger partial charge in [-0.2, -0.15) is 0 Å². The molecular weight excluding hydrogens is 210 g/mol. The first kappa shape index (κ1) is 12.1. The summed E-state index contributed by atoms with van der Waals surface area (Å²) in [5.74, 6) is 0. The van der Waals surface area contributed by atoms with E-state index in [2.05, 4.69) is 47.7 Å². The Morgan fingerprint density at radius 3 is 2.76 bits per heavy atom. The fourth-order valence-corrected chi connectivity index (χ4v) is 2.20. The van der Waals surface area contributed by atoms with E-state index >= 15 is 0 Å². The molecule has 0 bridgehead atoms. The average Bonchev–Trinajstić information content (AvgIpc) is 2.67. The minimum atomic E-state index is 0.601. The van der Waals surface area contributed by atoms with Crippen molar-refractivity contribution in [2.45, 2.75) is 46.2 Å². The van der Waals surface area contributed by atoms with E-state index in [0.717, 1.165) is 17.9 Å². The van der Waals surface area contributed by atoms with E-state index in [1.165, 1.54) is 18.5 Å². The van der Waals surface area contributed by atoms with Gasteiger partial charge in [0.25, 0.3) is 0 Å². The van der Waals surface area contributed by atoms with Crippen LogP contribution in [0.1, 0.15) is 38.1 Å². The fourth-order valence-electron chi connectivity index (χ4n) is 2.20. The number of imidazole rings is 1. The van der Waals surface area contributed by atoms with Crippen molar-refractivity contribution in [2.24, 2.45) is 0 Å². The Morgan fingerprint density at radius 1 is 1.29 bits per heavy atom. The molecule has 0 saturated carbocycles. The SMILES string of the molecule is CCC(CC)NCc1c(C)nc2ccccn12. The Balaban J connectivity index is 2.20. The van der Waals surface area contributed by atoms with E-state index in [9.17, 15) is 0 Å². The van der Waals surface area contributed by atoms with Crippen molar-refractivity contribution in [3.63, 3.8) is 0 Å². The van der Waals surface area contributed by atoms with E-state index in [0.29, 0.717) is 6.04 Å². The third-order valence-electron chi connectivity index (χ3n) is 3.37. The Kier molecular flexibility index (Phi) is 3.79. The minimum absolute atomic E-state index is 0.601. The highest BCUT2D eigenvalue weighted by Crippen LogP contribution is 2.12. The molecule has 92 valence electrons. The van der Waals surface area contributed by atoms with Crippen molar-refractivity contribution in [2.75, 3.05) is 0 Å². The number of pyridine rings is 1. The van der Waals surface area contributed by atoms with Crippen molar-refractivity contribution in [1.29, 1.82) is 0 Å². The fraction of sp³-hybridized carbons (Fsp3) is 0.500. The summed E-state index contributed by atoms with van der Waals surface area (Å²) in [4.78, 5) is 4.57. The molecule has 0 aliphatic rings. The molecule has 2 aromatic rings. The molecule has 0 spiro atoms. The van der Waals surface area contributed by atoms with Crippen LogP contribution in [0.2, 0.25) is 0 Å². The molecule has 3 nitrogen and oxygen atoms in total. The number of fused-ring (bicyclic) bond motifs is 1. The minimum Gasteiger partial charge on any atom is -0.308 e. The second kappa shape index (κ2) is 5.32. The monoisotopic (exact) mass is 231 g/mol. The highest BCUT2D eigenvalue weighted by atomic mass is 15.0. The number of aromatic nitrogens is 2. The predicted molar refractivity (Wildman–Crippen MR) is 71.1 cm³/mol. The van der Waals surface area contributed by atoms with Crippen molar-refractivity contribution in [3.05, 3.63) is 35.8 Å². The second-order valence-corrected chi connectivity index (χ2v) is 4.47. The summed E-state index contributed by atoms with van der Waals surface area (Å²) in [7, 11) is 0. The topological polar surface area (TPSA) is 29.3 Å². The van der Waals surface area contributed by atoms with Gasteiger partial charge >= 0.3 is 0 Å². The molecule has 0 aliphatic carbocycles. The maximum Gasteiger partial charge on any atom is 0.137 e. The lowest BCUT2D eigenvalue weighted by Crippen LogP contribution is -2.27. The molecule has 0 saturated heterocycles. The van der Waals surface area contributed by atoms with Gasteiger partial charge in [0, 0.05) is 18.8 Å². The van der Waals surface area contributed by atoms with Crippen LogP contribution < -0.4 is 5.32 Å². The number of hydrogen-bond acceptors (Lipinski definition) is 2. The molecule has 1 N–H and O–H groups in total. The number of nitrogens with one attached hydrogen (secondary N) is 1. The zero-order chi connectivity index (χ0) is 12.3. The molecule has 2 aromatic heterocycles. The lowest BCUT2D eigenvalue weighted by molar-refractivity contribution is 0.479. The maximum absolute atomic E-state index is 4.57. The highest BCUT2D eigenvalue weighted by molar-refractivity contribution is 5.42. The molecule has 0 aromatic carbocycles. The summed E-state index contributed by atoms with van der Waals surface area (Å²) in [5.41, 5.74) is 3.42. The number of nitrogens with zero attached hydrogens (tertiary/aromatic N) is 2. The highest BCUT2D eigenvalue weighted by Gasteiger charge is 2.09. The molecule has 0 amide bonds. The standard InChI is InChI=1S/C14H21N3/c1-4-12(5-2)15-10-13-11(3)16-14-8-6-7-9-17(13)14/h6-9,12,15H,4-5,10H2,1-3H3. The third kappa shape index (κ3) is 2.50. The largest absolute Gasteiger partial charge is 0.308 e. The molecule has 3 heteroatoms. The quantitative estimate of drug-likeness (QED) is 0.857. The zero-order valence-electron chi connectivity index (χ0n) is 10.9. The summed E-state index contributed by atoms with van der Waals surface area (Å²) < 4.78 is 2.17. The van der Waals surface area contributed by atoms with Crippen LogP contribution in [0.3, 0.4) is 0 Å². The number of hydrogen-bond donors (Lipinski definition) is 1. The molecule has 17 heavy (non-hydrogen) atoms. The van der Waals surface area contributed by atoms with Gasteiger partial charge in [-0.15, -0.1) is 0 Å². The molecule has 2 heterocycles. The van der Waals surface area contributed by atoms with E-state index in [1.807, 2.05) is 12.1 Å². The van der Waals surface area contributed by atoms with Gasteiger partial charge in [-0.25, -0.2) is 4.98 Å². The lowest BCUT2D eigenvalue weighted by Gasteiger charge is -2.14. The van der Waals surface area contributed by atoms with Crippen LogP contribution in [-0.2, 0) is 6.54 Å². The Bertz CT molecular complexity index is 483. The third-order valence-corrected chi connectivity index (χ3v) is 3.37. The molecule has 0 unspecified atom stereocenters. The van der Waals surface area contributed by atoms with Gasteiger partial charge in [0.1, 0.15) is 5.65 Å². The smallest absolute Gasteiger partial charge is 0.137 e. The van der Waals surface area contributed by atoms with Crippen molar-refractivity contribution >= 4 is 5.65 Å². The van der Waals surface area contributed by atoms with E-state index < -0.39 is 0 Å². The average molecular weight is 231 g/mol. The van der Waals surface area contributed by atoms with E-state index in [1.54, 1.807) is 0 Å². The molecule has 0 aliphatic heterocycles. The first-order chi connectivity index (χ1) is 8.26. The van der Waals surface area contributed by atoms with Gasteiger partial charge in [0.05, 0.1) is 11.4 Å². The van der Waals surface area contributed by atoms with Crippen LogP contribution in [0.15, 0.2) is 24.4 Å². The molecular formula is C14H21N3. The Labute approximate surface area is 103 Å². The van der Waals surface area contributed by atoms with Gasteiger partial charge in [-0.05, 0) is 31.9 Å². The predicted octanol–water partition coefficient (Wildman–Crippen LogP) is 2.92. The van der Waals surface area contributed by atoms with E-state index in [4.69, 9.17) is 0 Å². The Hall–Kier alpha value is -1.35. The van der Waals surface area contributed by atoms with Crippen LogP contribution >= 0.6 is 0 Å². The van der Waals surface area contributed by atoms with Gasteiger partial charge in [0.15, 0.2) is 0 Å². The normalized spacial score (nSPS) is 11.5. The zero-order valence-corrected chi connectivity index (χ0v) is 10.9. The van der Waals surface area contributed by atoms with Crippen molar-refractivity contribution in [3.8, 4) is 0 Å². The number of rotatable bonds is 5. The molecule has 2 rings (SSSR count).